The molecule has 0 aliphatic carbocycles. The molecular formula is C26H30B2O4. The summed E-state index contributed by atoms with van der Waals surface area (Å²) < 4.78 is 24.0. The predicted molar refractivity (Wildman–Crippen MR) is 130 cm³/mol. The van der Waals surface area contributed by atoms with Crippen molar-refractivity contribution in [1.82, 2.24) is 0 Å². The monoisotopic (exact) mass is 428 g/mol. The van der Waals surface area contributed by atoms with Gasteiger partial charge in [0.15, 0.2) is 0 Å². The fraction of sp³-hybridized carbons (Fsp3) is 0.462. The molecule has 0 saturated carbocycles. The lowest BCUT2D eigenvalue weighted by atomic mass is 9.90. The minimum atomic E-state index is -0.554. The Bertz CT molecular complexity index is 1050. The van der Waals surface area contributed by atoms with Gasteiger partial charge >= 0.3 is 14.2 Å². The summed E-state index contributed by atoms with van der Waals surface area (Å²) in [4.78, 5) is 0. The normalized spacial score (nSPS) is 22.2. The smallest absolute Gasteiger partial charge is 0.392 e. The van der Waals surface area contributed by atoms with Crippen molar-refractivity contribution in [3.63, 3.8) is 0 Å². The van der Waals surface area contributed by atoms with Crippen molar-refractivity contribution in [2.75, 3.05) is 0 Å². The first-order chi connectivity index (χ1) is 14.8. The molecule has 2 heterocycles. The Labute approximate surface area is 192 Å². The third-order valence-corrected chi connectivity index (χ3v) is 7.08. The molecule has 32 heavy (non-hydrogen) atoms. The fourth-order valence-corrected chi connectivity index (χ4v) is 3.61. The van der Waals surface area contributed by atoms with Gasteiger partial charge in [0.25, 0.3) is 0 Å². The summed E-state index contributed by atoms with van der Waals surface area (Å²) in [6.07, 6.45) is 0. The summed E-state index contributed by atoms with van der Waals surface area (Å²) in [5, 5.41) is 2.08. The zero-order valence-corrected chi connectivity index (χ0v) is 20.3. The zero-order valence-electron chi connectivity index (χ0n) is 20.3. The standard InChI is InChI=1S/C26H30B2O4/c1-23(2)24(3,4)30-27(29-23)17-15-19-11-9-14-22-20(12-10-13-21(19)22)16-18-28-31-25(5,6)26(7,8)32-28/h9-14H,1-8H3. The minimum absolute atomic E-state index is 0.401. The Morgan fingerprint density at radius 2 is 0.844 bits per heavy atom. The topological polar surface area (TPSA) is 36.9 Å². The van der Waals surface area contributed by atoms with Crippen LogP contribution in [0.4, 0.5) is 0 Å². The average Bonchev–Trinajstić information content (AvgIpc) is 3.03. The molecule has 164 valence electrons. The molecule has 2 fully saturated rings. The van der Waals surface area contributed by atoms with Crippen LogP contribution >= 0.6 is 0 Å². The summed E-state index contributed by atoms with van der Waals surface area (Å²) in [5.41, 5.74) is 0.221. The van der Waals surface area contributed by atoms with Crippen molar-refractivity contribution >= 4 is 25.0 Å². The molecule has 6 heteroatoms. The highest BCUT2D eigenvalue weighted by molar-refractivity contribution is 6.56. The van der Waals surface area contributed by atoms with Crippen molar-refractivity contribution in [1.29, 1.82) is 0 Å². The quantitative estimate of drug-likeness (QED) is 0.446. The molecule has 0 unspecified atom stereocenters. The van der Waals surface area contributed by atoms with Gasteiger partial charge < -0.3 is 18.6 Å². The highest BCUT2D eigenvalue weighted by Crippen LogP contribution is 2.37. The summed E-state index contributed by atoms with van der Waals surface area (Å²) >= 11 is 0. The Hall–Kier alpha value is -2.21. The van der Waals surface area contributed by atoms with Crippen LogP contribution in [0.15, 0.2) is 36.4 Å². The van der Waals surface area contributed by atoms with Crippen molar-refractivity contribution in [2.24, 2.45) is 0 Å². The van der Waals surface area contributed by atoms with Crippen molar-refractivity contribution in [3.8, 4) is 23.5 Å². The van der Waals surface area contributed by atoms with Crippen molar-refractivity contribution in [2.45, 2.75) is 77.8 Å². The van der Waals surface area contributed by atoms with Gasteiger partial charge in [-0.3, -0.25) is 0 Å². The van der Waals surface area contributed by atoms with E-state index >= 15 is 0 Å². The first kappa shape index (κ1) is 23.0. The first-order valence-corrected chi connectivity index (χ1v) is 11.1. The van der Waals surface area contributed by atoms with E-state index in [-0.39, 0.29) is 0 Å². The third kappa shape index (κ3) is 4.09. The Balaban J connectivity index is 1.62. The highest BCUT2D eigenvalue weighted by Gasteiger charge is 2.51. The lowest BCUT2D eigenvalue weighted by molar-refractivity contribution is 0.00578. The van der Waals surface area contributed by atoms with Crippen LogP contribution in [0, 0.1) is 23.5 Å². The van der Waals surface area contributed by atoms with E-state index in [1.54, 1.807) is 0 Å². The second-order valence-corrected chi connectivity index (χ2v) is 10.4. The highest BCUT2D eigenvalue weighted by atomic mass is 16.7. The van der Waals surface area contributed by atoms with Gasteiger partial charge in [0, 0.05) is 11.1 Å². The van der Waals surface area contributed by atoms with Gasteiger partial charge in [-0.15, -0.1) is 0 Å². The van der Waals surface area contributed by atoms with Crippen LogP contribution in [0.2, 0.25) is 0 Å². The van der Waals surface area contributed by atoms with E-state index in [0.717, 1.165) is 21.9 Å². The minimum Gasteiger partial charge on any atom is -0.392 e. The molecule has 0 amide bonds. The molecule has 0 radical (unpaired) electrons. The van der Waals surface area contributed by atoms with Crippen LogP contribution in [-0.2, 0) is 18.6 Å². The van der Waals surface area contributed by atoms with E-state index in [1.807, 2.05) is 79.7 Å². The number of benzene rings is 2. The van der Waals surface area contributed by atoms with Crippen LogP contribution in [0.1, 0.15) is 66.5 Å². The van der Waals surface area contributed by atoms with Gasteiger partial charge in [-0.25, -0.2) is 0 Å². The first-order valence-electron chi connectivity index (χ1n) is 11.1. The molecule has 0 spiro atoms. The van der Waals surface area contributed by atoms with E-state index < -0.39 is 36.6 Å². The number of hydrogen-bond donors (Lipinski definition) is 0. The molecule has 2 aromatic carbocycles. The van der Waals surface area contributed by atoms with Crippen LogP contribution in [-0.4, -0.2) is 36.6 Å². The van der Waals surface area contributed by atoms with Gasteiger partial charge in [0.1, 0.15) is 0 Å². The molecule has 2 aliphatic heterocycles. The summed E-state index contributed by atoms with van der Waals surface area (Å²) in [6.45, 7) is 16.2. The van der Waals surface area contributed by atoms with Crippen LogP contribution in [0.5, 0.6) is 0 Å². The second-order valence-electron chi connectivity index (χ2n) is 10.4. The Kier molecular flexibility index (Phi) is 5.51. The molecule has 0 atom stereocenters. The zero-order chi connectivity index (χ0) is 23.4. The average molecular weight is 428 g/mol. The lowest BCUT2D eigenvalue weighted by Gasteiger charge is -2.32. The summed E-state index contributed by atoms with van der Waals surface area (Å²) in [7, 11) is -1.11. The van der Waals surface area contributed by atoms with Crippen molar-refractivity contribution < 1.29 is 18.6 Å². The molecule has 2 aromatic rings. The maximum Gasteiger partial charge on any atom is 0.551 e. The molecule has 4 rings (SSSR count). The van der Waals surface area contributed by atoms with E-state index in [1.165, 1.54) is 0 Å². The van der Waals surface area contributed by atoms with Gasteiger partial charge in [-0.2, -0.15) is 0 Å². The molecule has 2 saturated heterocycles. The van der Waals surface area contributed by atoms with Gasteiger partial charge in [0.05, 0.1) is 22.4 Å². The van der Waals surface area contributed by atoms with Gasteiger partial charge in [-0.05, 0) is 78.3 Å². The number of hydrogen-bond acceptors (Lipinski definition) is 4. The largest absolute Gasteiger partial charge is 0.551 e. The van der Waals surface area contributed by atoms with Crippen LogP contribution < -0.4 is 0 Å². The van der Waals surface area contributed by atoms with E-state index in [0.29, 0.717) is 0 Å². The van der Waals surface area contributed by atoms with Gasteiger partial charge in [0.2, 0.25) is 0 Å². The summed E-state index contributed by atoms with van der Waals surface area (Å²) in [6, 6.07) is 12.1. The predicted octanol–water partition coefficient (Wildman–Crippen LogP) is 4.81. The van der Waals surface area contributed by atoms with E-state index in [2.05, 4.69) is 35.6 Å². The maximum atomic E-state index is 6.00. The Morgan fingerprint density at radius 1 is 0.531 bits per heavy atom. The molecule has 0 bridgehead atoms. The number of rotatable bonds is 0. The fourth-order valence-electron chi connectivity index (χ4n) is 3.61. The SMILES string of the molecule is CC1(C)OB(C#Cc2cccc3c(C#CB4OC(C)(C)C(C)(C)O4)cccc23)OC1(C)C. The lowest BCUT2D eigenvalue weighted by Crippen LogP contribution is -2.41. The Morgan fingerprint density at radius 3 is 1.16 bits per heavy atom. The summed E-state index contributed by atoms with van der Waals surface area (Å²) in [5.74, 6) is 12.8. The maximum absolute atomic E-state index is 6.00. The van der Waals surface area contributed by atoms with Crippen LogP contribution in [0.25, 0.3) is 10.8 Å². The van der Waals surface area contributed by atoms with Crippen LogP contribution in [0.3, 0.4) is 0 Å². The molecular weight excluding hydrogens is 398 g/mol. The van der Waals surface area contributed by atoms with Gasteiger partial charge in [-0.1, -0.05) is 47.7 Å². The molecule has 0 N–H and O–H groups in total. The van der Waals surface area contributed by atoms with E-state index in [9.17, 15) is 0 Å². The van der Waals surface area contributed by atoms with Crippen molar-refractivity contribution in [3.05, 3.63) is 47.5 Å². The molecule has 4 nitrogen and oxygen atoms in total. The third-order valence-electron chi connectivity index (χ3n) is 7.08. The second kappa shape index (κ2) is 7.68. The molecule has 0 aromatic heterocycles. The number of fused-ring (bicyclic) bond motifs is 1. The van der Waals surface area contributed by atoms with E-state index in [4.69, 9.17) is 18.6 Å². The molecule has 2 aliphatic rings.